The van der Waals surface area contributed by atoms with Gasteiger partial charge in [0.05, 0.1) is 10.0 Å². The van der Waals surface area contributed by atoms with E-state index in [-0.39, 0.29) is 0 Å². The molecule has 1 aliphatic rings. The number of anilines is 1. The molecule has 1 saturated heterocycles. The molecule has 2 atom stereocenters. The van der Waals surface area contributed by atoms with E-state index in [1.54, 1.807) is 18.3 Å². The van der Waals surface area contributed by atoms with Crippen LogP contribution in [0.15, 0.2) is 55.5 Å². The number of rotatable bonds is 10. The van der Waals surface area contributed by atoms with Crippen LogP contribution < -0.4 is 10.6 Å². The van der Waals surface area contributed by atoms with Crippen molar-refractivity contribution < 1.29 is 0 Å². The number of allylic oxidation sites excluding steroid dienone is 2. The topological polar surface area (TPSA) is 27.3 Å². The summed E-state index contributed by atoms with van der Waals surface area (Å²) in [5.74, 6) is 1.01. The first-order valence-corrected chi connectivity index (χ1v) is 11.2. The highest BCUT2D eigenvalue weighted by atomic mass is 35.5. The maximum atomic E-state index is 5.74. The van der Waals surface area contributed by atoms with Crippen molar-refractivity contribution in [1.29, 1.82) is 0 Å². The summed E-state index contributed by atoms with van der Waals surface area (Å²) in [5.41, 5.74) is 3.36. The van der Waals surface area contributed by atoms with Crippen molar-refractivity contribution in [3.63, 3.8) is 0 Å². The first-order valence-electron chi connectivity index (χ1n) is 10.5. The van der Waals surface area contributed by atoms with E-state index in [2.05, 4.69) is 49.1 Å². The van der Waals surface area contributed by atoms with Crippen LogP contribution in [0.2, 0.25) is 10.0 Å². The number of halogens is 2. The molecule has 0 saturated carbocycles. The third-order valence-corrected chi connectivity index (χ3v) is 6.21. The number of hydrogen-bond acceptors (Lipinski definition) is 3. The van der Waals surface area contributed by atoms with E-state index in [9.17, 15) is 0 Å². The van der Waals surface area contributed by atoms with Gasteiger partial charge < -0.3 is 15.5 Å². The second kappa shape index (κ2) is 13.6. The number of nitrogens with zero attached hydrogens (tertiary/aromatic N) is 1. The Kier molecular flexibility index (Phi) is 11.9. The third kappa shape index (κ3) is 8.36. The van der Waals surface area contributed by atoms with Gasteiger partial charge in [0.25, 0.3) is 0 Å². The van der Waals surface area contributed by atoms with Gasteiger partial charge in [-0.25, -0.2) is 0 Å². The summed E-state index contributed by atoms with van der Waals surface area (Å²) in [4.78, 5) is 2.49. The van der Waals surface area contributed by atoms with E-state index in [4.69, 9.17) is 23.2 Å². The summed E-state index contributed by atoms with van der Waals surface area (Å²) >= 11 is 11.4. The van der Waals surface area contributed by atoms with Crippen molar-refractivity contribution in [3.05, 3.63) is 65.6 Å². The Labute approximate surface area is 187 Å². The molecule has 1 fully saturated rings. The molecule has 1 aromatic rings. The number of nitrogens with one attached hydrogen (secondary N) is 2. The van der Waals surface area contributed by atoms with Crippen molar-refractivity contribution in [2.24, 2.45) is 11.8 Å². The number of benzene rings is 1. The molecule has 0 spiro atoms. The van der Waals surface area contributed by atoms with Gasteiger partial charge in [0.2, 0.25) is 0 Å². The molecule has 0 aliphatic carbocycles. The highest BCUT2D eigenvalue weighted by Gasteiger charge is 2.26. The van der Waals surface area contributed by atoms with Gasteiger partial charge in [-0.2, -0.15) is 0 Å². The minimum absolute atomic E-state index is 0.467. The van der Waals surface area contributed by atoms with Gasteiger partial charge in [-0.1, -0.05) is 69.6 Å². The van der Waals surface area contributed by atoms with Gasteiger partial charge in [-0.15, -0.1) is 0 Å². The smallest absolute Gasteiger partial charge is 0.0612 e. The largest absolute Gasteiger partial charge is 0.392 e. The van der Waals surface area contributed by atoms with E-state index >= 15 is 0 Å². The first kappa shape index (κ1) is 25.5. The molecule has 1 aliphatic heterocycles. The fraction of sp³-hybridized carbons (Fsp3) is 0.500. The predicted molar refractivity (Wildman–Crippen MR) is 131 cm³/mol. The van der Waals surface area contributed by atoms with E-state index < -0.39 is 0 Å². The van der Waals surface area contributed by atoms with Crippen molar-refractivity contribution in [2.45, 2.75) is 46.0 Å². The monoisotopic (exact) mass is 437 g/mol. The second-order valence-electron chi connectivity index (χ2n) is 7.48. The summed E-state index contributed by atoms with van der Waals surface area (Å²) in [6, 6.07) is 5.30. The third-order valence-electron chi connectivity index (χ3n) is 5.47. The van der Waals surface area contributed by atoms with Crippen LogP contribution in [0.3, 0.4) is 0 Å². The van der Waals surface area contributed by atoms with E-state index in [1.165, 1.54) is 50.9 Å². The highest BCUT2D eigenvalue weighted by molar-refractivity contribution is 6.42. The molecule has 1 heterocycles. The Morgan fingerprint density at radius 2 is 1.86 bits per heavy atom. The lowest BCUT2D eigenvalue weighted by atomic mass is 9.84. The first-order chi connectivity index (χ1) is 13.8. The molecular weight excluding hydrogens is 401 g/mol. The summed E-state index contributed by atoms with van der Waals surface area (Å²) in [7, 11) is 1.97. The van der Waals surface area contributed by atoms with Crippen LogP contribution in [0.25, 0.3) is 0 Å². The molecule has 0 bridgehead atoms. The normalized spacial score (nSPS) is 15.0. The standard InChI is InChI=1S/C16H30N2.C8H7Cl2N/c1-6-7-10-16(13(2)14(3)17-5)15(4)18-11-8-9-12-18;1-2-11-6-3-4-7(9)8(10)5-6/h13,16-17H,3-4,6-12H2,1-2,5H3;2-5,11H,1H2. The average Bonchev–Trinajstić information content (AvgIpc) is 3.25. The minimum atomic E-state index is 0.467. The number of unbranched alkanes of at least 4 members (excludes halogenated alkanes) is 1. The van der Waals surface area contributed by atoms with Crippen LogP contribution in [0.1, 0.15) is 46.0 Å². The lowest BCUT2D eigenvalue weighted by Crippen LogP contribution is -2.30. The summed E-state index contributed by atoms with van der Waals surface area (Å²) < 4.78 is 0. The molecule has 1 aromatic carbocycles. The second-order valence-corrected chi connectivity index (χ2v) is 8.29. The Bertz CT molecular complexity index is 666. The molecule has 29 heavy (non-hydrogen) atoms. The molecule has 2 rings (SSSR count). The Hall–Kier alpha value is -1.58. The Balaban J connectivity index is 0.000000326. The fourth-order valence-corrected chi connectivity index (χ4v) is 3.84. The summed E-state index contributed by atoms with van der Waals surface area (Å²) in [6.07, 6.45) is 7.98. The lowest BCUT2D eigenvalue weighted by Gasteiger charge is -2.33. The molecular formula is C24H37Cl2N3. The molecule has 162 valence electrons. The zero-order chi connectivity index (χ0) is 21.8. The molecule has 3 nitrogen and oxygen atoms in total. The molecule has 0 aromatic heterocycles. The van der Waals surface area contributed by atoms with Crippen LogP contribution in [-0.2, 0) is 0 Å². The maximum Gasteiger partial charge on any atom is 0.0612 e. The van der Waals surface area contributed by atoms with Crippen molar-refractivity contribution in [1.82, 2.24) is 10.2 Å². The van der Waals surface area contributed by atoms with Crippen molar-refractivity contribution >= 4 is 28.9 Å². The SMILES string of the molecule is C=C(NC)C(C)C(CCCC)C(=C)N1CCCC1.C=CNc1ccc(Cl)c(Cl)c1. The van der Waals surface area contributed by atoms with Crippen molar-refractivity contribution in [3.8, 4) is 0 Å². The lowest BCUT2D eigenvalue weighted by molar-refractivity contribution is 0.301. The van der Waals surface area contributed by atoms with Crippen LogP contribution in [0.4, 0.5) is 5.69 Å². The van der Waals surface area contributed by atoms with Crippen LogP contribution >= 0.6 is 23.2 Å². The van der Waals surface area contributed by atoms with E-state index in [0.29, 0.717) is 21.9 Å². The van der Waals surface area contributed by atoms with Crippen LogP contribution in [0.5, 0.6) is 0 Å². The molecule has 5 heteroatoms. The van der Waals surface area contributed by atoms with Gasteiger partial charge in [0.15, 0.2) is 0 Å². The zero-order valence-electron chi connectivity index (χ0n) is 18.2. The van der Waals surface area contributed by atoms with Gasteiger partial charge in [-0.3, -0.25) is 0 Å². The Morgan fingerprint density at radius 3 is 2.38 bits per heavy atom. The quantitative estimate of drug-likeness (QED) is 0.401. The fourth-order valence-electron chi connectivity index (χ4n) is 3.54. The Morgan fingerprint density at radius 1 is 1.21 bits per heavy atom. The van der Waals surface area contributed by atoms with Gasteiger partial charge >= 0.3 is 0 Å². The number of likely N-dealkylation sites (tertiary alicyclic amines) is 1. The molecule has 2 unspecified atom stereocenters. The van der Waals surface area contributed by atoms with Gasteiger partial charge in [-0.05, 0) is 43.7 Å². The summed E-state index contributed by atoms with van der Waals surface area (Å²) in [6.45, 7) is 19.0. The summed E-state index contributed by atoms with van der Waals surface area (Å²) in [5, 5.41) is 7.21. The number of hydrogen-bond donors (Lipinski definition) is 2. The highest BCUT2D eigenvalue weighted by Crippen LogP contribution is 2.32. The predicted octanol–water partition coefficient (Wildman–Crippen LogP) is 7.32. The van der Waals surface area contributed by atoms with Crippen molar-refractivity contribution in [2.75, 3.05) is 25.5 Å². The van der Waals surface area contributed by atoms with Crippen LogP contribution in [0, 0.1) is 11.8 Å². The molecule has 2 N–H and O–H groups in total. The maximum absolute atomic E-state index is 5.74. The minimum Gasteiger partial charge on any atom is -0.392 e. The van der Waals surface area contributed by atoms with E-state index in [0.717, 1.165) is 11.4 Å². The molecule has 0 radical (unpaired) electrons. The molecule has 0 amide bonds. The van der Waals surface area contributed by atoms with E-state index in [1.807, 2.05) is 13.1 Å². The van der Waals surface area contributed by atoms with Crippen LogP contribution in [-0.4, -0.2) is 25.0 Å². The zero-order valence-corrected chi connectivity index (χ0v) is 19.8. The average molecular weight is 438 g/mol. The van der Waals surface area contributed by atoms with Gasteiger partial charge in [0, 0.05) is 49.1 Å². The van der Waals surface area contributed by atoms with Gasteiger partial charge in [0.1, 0.15) is 0 Å².